The fourth-order valence-corrected chi connectivity index (χ4v) is 2.17. The van der Waals surface area contributed by atoms with Crippen LogP contribution in [0.15, 0.2) is 42.5 Å². The van der Waals surface area contributed by atoms with Gasteiger partial charge in [0, 0.05) is 35.6 Å². The topological polar surface area (TPSA) is 38.5 Å². The van der Waals surface area contributed by atoms with Crippen LogP contribution in [0.1, 0.15) is 5.56 Å². The number of hydrogen-bond donors (Lipinski definition) is 1. The van der Waals surface area contributed by atoms with Crippen LogP contribution in [0.4, 0.5) is 11.4 Å². The molecule has 100 valence electrons. The second-order valence-corrected chi connectivity index (χ2v) is 4.84. The summed E-state index contributed by atoms with van der Waals surface area (Å²) >= 11 is 6.03. The maximum Gasteiger partial charge on any atom is 0.123 e. The number of ether oxygens (including phenoxy) is 1. The van der Waals surface area contributed by atoms with Crippen molar-refractivity contribution < 1.29 is 4.74 Å². The molecule has 2 aromatic rings. The Morgan fingerprint density at radius 1 is 1.21 bits per heavy atom. The summed E-state index contributed by atoms with van der Waals surface area (Å²) in [7, 11) is 3.67. The average Bonchev–Trinajstić information content (AvgIpc) is 2.39. The SMILES string of the molecule is COc1ccc(Cl)cc1CN(C)c1cccc(N)c1. The zero-order chi connectivity index (χ0) is 13.8. The number of anilines is 2. The van der Waals surface area contributed by atoms with Crippen LogP contribution in [0.2, 0.25) is 5.02 Å². The molecular formula is C15H17ClN2O. The van der Waals surface area contributed by atoms with Crippen LogP contribution in [0.25, 0.3) is 0 Å². The Balaban J connectivity index is 2.23. The van der Waals surface area contributed by atoms with Crippen molar-refractivity contribution >= 4 is 23.0 Å². The molecule has 0 spiro atoms. The van der Waals surface area contributed by atoms with Gasteiger partial charge >= 0.3 is 0 Å². The van der Waals surface area contributed by atoms with Gasteiger partial charge in [0.1, 0.15) is 5.75 Å². The maximum absolute atomic E-state index is 6.03. The molecule has 0 aromatic heterocycles. The van der Waals surface area contributed by atoms with Gasteiger partial charge < -0.3 is 15.4 Å². The van der Waals surface area contributed by atoms with Gasteiger partial charge in [-0.15, -0.1) is 0 Å². The quantitative estimate of drug-likeness (QED) is 0.868. The number of methoxy groups -OCH3 is 1. The number of hydrogen-bond acceptors (Lipinski definition) is 3. The molecule has 0 unspecified atom stereocenters. The normalized spacial score (nSPS) is 10.3. The predicted octanol–water partition coefficient (Wildman–Crippen LogP) is 3.57. The van der Waals surface area contributed by atoms with Gasteiger partial charge in [0.15, 0.2) is 0 Å². The Hall–Kier alpha value is -1.87. The third-order valence-corrected chi connectivity index (χ3v) is 3.20. The third kappa shape index (κ3) is 3.32. The van der Waals surface area contributed by atoms with Crippen LogP contribution >= 0.6 is 11.6 Å². The average molecular weight is 277 g/mol. The summed E-state index contributed by atoms with van der Waals surface area (Å²) in [5.41, 5.74) is 8.65. The zero-order valence-corrected chi connectivity index (χ0v) is 11.8. The van der Waals surface area contributed by atoms with Gasteiger partial charge in [0.25, 0.3) is 0 Å². The summed E-state index contributed by atoms with van der Waals surface area (Å²) in [5.74, 6) is 0.833. The van der Waals surface area contributed by atoms with Crippen LogP contribution in [-0.4, -0.2) is 14.2 Å². The van der Waals surface area contributed by atoms with E-state index < -0.39 is 0 Å². The first kappa shape index (κ1) is 13.6. The Morgan fingerprint density at radius 3 is 2.68 bits per heavy atom. The molecule has 0 bridgehead atoms. The molecule has 4 heteroatoms. The summed E-state index contributed by atoms with van der Waals surface area (Å²) in [5, 5.41) is 0.705. The molecule has 0 radical (unpaired) electrons. The number of halogens is 1. The van der Waals surface area contributed by atoms with E-state index in [0.29, 0.717) is 11.6 Å². The van der Waals surface area contributed by atoms with Crippen molar-refractivity contribution in [3.8, 4) is 5.75 Å². The molecule has 0 aliphatic rings. The monoisotopic (exact) mass is 276 g/mol. The van der Waals surface area contributed by atoms with Crippen LogP contribution in [-0.2, 0) is 6.54 Å². The molecule has 2 rings (SSSR count). The molecule has 0 amide bonds. The largest absolute Gasteiger partial charge is 0.496 e. The minimum Gasteiger partial charge on any atom is -0.496 e. The third-order valence-electron chi connectivity index (χ3n) is 2.96. The van der Waals surface area contributed by atoms with Gasteiger partial charge in [0.05, 0.1) is 7.11 Å². The minimum atomic E-state index is 0.702. The summed E-state index contributed by atoms with van der Waals surface area (Å²) in [6, 6.07) is 13.4. The lowest BCUT2D eigenvalue weighted by molar-refractivity contribution is 0.409. The highest BCUT2D eigenvalue weighted by Crippen LogP contribution is 2.26. The van der Waals surface area contributed by atoms with Crippen LogP contribution in [0.3, 0.4) is 0 Å². The van der Waals surface area contributed by atoms with E-state index in [4.69, 9.17) is 22.1 Å². The number of rotatable bonds is 4. The second-order valence-electron chi connectivity index (χ2n) is 4.41. The number of nitrogens with zero attached hydrogens (tertiary/aromatic N) is 1. The van der Waals surface area contributed by atoms with Crippen molar-refractivity contribution in [3.63, 3.8) is 0 Å². The number of benzene rings is 2. The Kier molecular flexibility index (Phi) is 4.17. The van der Waals surface area contributed by atoms with Gasteiger partial charge in [-0.2, -0.15) is 0 Å². The summed E-state index contributed by atoms with van der Waals surface area (Å²) in [4.78, 5) is 2.10. The number of nitrogen functional groups attached to an aromatic ring is 1. The van der Waals surface area contributed by atoms with Crippen molar-refractivity contribution in [2.75, 3.05) is 24.8 Å². The van der Waals surface area contributed by atoms with Crippen molar-refractivity contribution in [2.45, 2.75) is 6.54 Å². The summed E-state index contributed by atoms with van der Waals surface area (Å²) in [6.07, 6.45) is 0. The van der Waals surface area contributed by atoms with E-state index in [1.807, 2.05) is 49.5 Å². The number of nitrogens with two attached hydrogens (primary N) is 1. The molecule has 3 nitrogen and oxygen atoms in total. The lowest BCUT2D eigenvalue weighted by atomic mass is 10.1. The van der Waals surface area contributed by atoms with E-state index in [0.717, 1.165) is 22.7 Å². The van der Waals surface area contributed by atoms with E-state index in [1.54, 1.807) is 7.11 Å². The molecule has 19 heavy (non-hydrogen) atoms. The van der Waals surface area contributed by atoms with Gasteiger partial charge in [0.2, 0.25) is 0 Å². The first-order chi connectivity index (χ1) is 9.10. The fraction of sp³-hybridized carbons (Fsp3) is 0.200. The molecule has 0 aliphatic carbocycles. The Labute approximate surface area is 118 Å². The molecule has 0 aliphatic heterocycles. The molecule has 2 N–H and O–H groups in total. The lowest BCUT2D eigenvalue weighted by Crippen LogP contribution is -2.17. The molecule has 0 heterocycles. The zero-order valence-electron chi connectivity index (χ0n) is 11.1. The molecule has 0 fully saturated rings. The highest BCUT2D eigenvalue weighted by atomic mass is 35.5. The Morgan fingerprint density at radius 2 is 2.00 bits per heavy atom. The lowest BCUT2D eigenvalue weighted by Gasteiger charge is -2.21. The molecule has 0 saturated carbocycles. The van der Waals surface area contributed by atoms with Crippen molar-refractivity contribution in [1.82, 2.24) is 0 Å². The van der Waals surface area contributed by atoms with Gasteiger partial charge in [-0.1, -0.05) is 17.7 Å². The van der Waals surface area contributed by atoms with E-state index in [9.17, 15) is 0 Å². The fourth-order valence-electron chi connectivity index (χ4n) is 1.98. The summed E-state index contributed by atoms with van der Waals surface area (Å²) in [6.45, 7) is 0.702. The second kappa shape index (κ2) is 5.85. The van der Waals surface area contributed by atoms with Gasteiger partial charge in [-0.05, 0) is 36.4 Å². The smallest absolute Gasteiger partial charge is 0.123 e. The van der Waals surface area contributed by atoms with Crippen molar-refractivity contribution in [2.24, 2.45) is 0 Å². The van der Waals surface area contributed by atoms with Crippen LogP contribution in [0.5, 0.6) is 5.75 Å². The summed E-state index contributed by atoms with van der Waals surface area (Å²) < 4.78 is 5.35. The Bertz CT molecular complexity index is 572. The molecule has 0 atom stereocenters. The predicted molar refractivity (Wildman–Crippen MR) is 81.0 cm³/mol. The molecule has 2 aromatic carbocycles. The van der Waals surface area contributed by atoms with Crippen molar-refractivity contribution in [3.05, 3.63) is 53.1 Å². The molecule has 0 saturated heterocycles. The van der Waals surface area contributed by atoms with Crippen LogP contribution < -0.4 is 15.4 Å². The van der Waals surface area contributed by atoms with E-state index in [1.165, 1.54) is 0 Å². The first-order valence-electron chi connectivity index (χ1n) is 5.99. The van der Waals surface area contributed by atoms with Gasteiger partial charge in [-0.3, -0.25) is 0 Å². The maximum atomic E-state index is 6.03. The van der Waals surface area contributed by atoms with E-state index in [2.05, 4.69) is 4.90 Å². The van der Waals surface area contributed by atoms with E-state index in [-0.39, 0.29) is 0 Å². The van der Waals surface area contributed by atoms with Crippen molar-refractivity contribution in [1.29, 1.82) is 0 Å². The van der Waals surface area contributed by atoms with Crippen LogP contribution in [0, 0.1) is 0 Å². The van der Waals surface area contributed by atoms with E-state index >= 15 is 0 Å². The highest BCUT2D eigenvalue weighted by molar-refractivity contribution is 6.30. The first-order valence-corrected chi connectivity index (χ1v) is 6.37. The molecular weight excluding hydrogens is 260 g/mol. The van der Waals surface area contributed by atoms with Gasteiger partial charge in [-0.25, -0.2) is 0 Å². The highest BCUT2D eigenvalue weighted by Gasteiger charge is 2.08. The standard InChI is InChI=1S/C15H17ClN2O/c1-18(14-5-3-4-13(17)9-14)10-11-8-12(16)6-7-15(11)19-2/h3-9H,10,17H2,1-2H3. The minimum absolute atomic E-state index is 0.702.